The predicted octanol–water partition coefficient (Wildman–Crippen LogP) is 3.66. The molecule has 0 saturated heterocycles. The van der Waals surface area contributed by atoms with Gasteiger partial charge in [-0.3, -0.25) is 4.68 Å². The first-order valence-corrected chi connectivity index (χ1v) is 8.33. The van der Waals surface area contributed by atoms with Gasteiger partial charge in [-0.1, -0.05) is 6.08 Å². The highest BCUT2D eigenvalue weighted by molar-refractivity contribution is 5.62. The van der Waals surface area contributed by atoms with Crippen molar-refractivity contribution in [1.29, 1.82) is 0 Å². The number of rotatable bonds is 5. The van der Waals surface area contributed by atoms with Crippen LogP contribution in [-0.2, 0) is 6.42 Å². The third kappa shape index (κ3) is 2.92. The quantitative estimate of drug-likeness (QED) is 0.792. The number of hydrogen-bond donors (Lipinski definition) is 0. The second-order valence-electron chi connectivity index (χ2n) is 6.31. The molecule has 0 aliphatic heterocycles. The van der Waals surface area contributed by atoms with Gasteiger partial charge >= 0.3 is 0 Å². The van der Waals surface area contributed by atoms with E-state index in [1.807, 2.05) is 37.5 Å². The Labute approximate surface area is 136 Å². The molecule has 2 aliphatic rings. The van der Waals surface area contributed by atoms with Crippen molar-refractivity contribution in [3.63, 3.8) is 0 Å². The zero-order valence-corrected chi connectivity index (χ0v) is 13.4. The van der Waals surface area contributed by atoms with Crippen LogP contribution in [0.2, 0.25) is 0 Å². The summed E-state index contributed by atoms with van der Waals surface area (Å²) in [5.41, 5.74) is 3.43. The molecule has 23 heavy (non-hydrogen) atoms. The second kappa shape index (κ2) is 6.00. The lowest BCUT2D eigenvalue weighted by atomic mass is 10.1. The van der Waals surface area contributed by atoms with Crippen molar-refractivity contribution in [2.75, 3.05) is 0 Å². The Kier molecular flexibility index (Phi) is 3.70. The van der Waals surface area contributed by atoms with Gasteiger partial charge in [0.1, 0.15) is 0 Å². The lowest BCUT2D eigenvalue weighted by molar-refractivity contribution is 0.462. The maximum atomic E-state index is 4.69. The third-order valence-electron chi connectivity index (χ3n) is 4.49. The van der Waals surface area contributed by atoms with E-state index in [-0.39, 0.29) is 0 Å². The van der Waals surface area contributed by atoms with Crippen LogP contribution in [0.5, 0.6) is 0 Å². The summed E-state index contributed by atoms with van der Waals surface area (Å²) in [6, 6.07) is 2.35. The maximum Gasteiger partial charge on any atom is 0.152 e. The monoisotopic (exact) mass is 304 g/mol. The Morgan fingerprint density at radius 2 is 2.13 bits per heavy atom. The van der Waals surface area contributed by atoms with Crippen molar-refractivity contribution in [1.82, 2.24) is 19.7 Å². The molecule has 0 aromatic carbocycles. The van der Waals surface area contributed by atoms with E-state index in [0.717, 1.165) is 42.3 Å². The van der Waals surface area contributed by atoms with E-state index in [1.165, 1.54) is 18.5 Å². The van der Waals surface area contributed by atoms with E-state index < -0.39 is 0 Å². The highest BCUT2D eigenvalue weighted by atomic mass is 15.3. The minimum atomic E-state index is 0.370. The standard InChI is InChI=1S/C19H20N4/c1-2-5-19-20-11-10-17(22-19)16-13-21-23(15-6-3-4-7-15)18(16)12-14-8-9-14/h2,5,10-11,13-15H,6-9,12H2,1H3. The molecular weight excluding hydrogens is 284 g/mol. The molecule has 0 bridgehead atoms. The normalized spacial score (nSPS) is 17.6. The van der Waals surface area contributed by atoms with Crippen molar-refractivity contribution in [3.8, 4) is 23.1 Å². The van der Waals surface area contributed by atoms with Crippen LogP contribution in [-0.4, -0.2) is 19.7 Å². The van der Waals surface area contributed by atoms with Gasteiger partial charge < -0.3 is 0 Å². The van der Waals surface area contributed by atoms with Gasteiger partial charge in [0, 0.05) is 30.3 Å². The van der Waals surface area contributed by atoms with Gasteiger partial charge in [-0.05, 0) is 44.2 Å². The minimum Gasteiger partial charge on any atom is -0.264 e. The van der Waals surface area contributed by atoms with Gasteiger partial charge in [0.05, 0.1) is 17.9 Å². The molecule has 0 N–H and O–H groups in total. The highest BCUT2D eigenvalue weighted by Crippen LogP contribution is 2.37. The number of allylic oxidation sites excluding steroid dienone is 1. The predicted molar refractivity (Wildman–Crippen MR) is 90.4 cm³/mol. The molecule has 0 unspecified atom stereocenters. The first kappa shape index (κ1) is 14.2. The molecule has 4 heteroatoms. The largest absolute Gasteiger partial charge is 0.264 e. The summed E-state index contributed by atoms with van der Waals surface area (Å²) in [6.07, 6.45) is 13.3. The summed E-state index contributed by atoms with van der Waals surface area (Å²) in [5, 5.41) is 4.69. The smallest absolute Gasteiger partial charge is 0.152 e. The summed E-state index contributed by atoms with van der Waals surface area (Å²) >= 11 is 0. The summed E-state index contributed by atoms with van der Waals surface area (Å²) in [7, 11) is 0. The van der Waals surface area contributed by atoms with Gasteiger partial charge in [-0.25, -0.2) is 9.97 Å². The summed E-state index contributed by atoms with van der Waals surface area (Å²) in [6.45, 7) is 1.98. The Hall–Kier alpha value is -2.41. The first-order chi connectivity index (χ1) is 11.3. The molecular formula is C19H20N4. The highest BCUT2D eigenvalue weighted by Gasteiger charge is 2.28. The molecule has 0 spiro atoms. The topological polar surface area (TPSA) is 43.6 Å². The van der Waals surface area contributed by atoms with E-state index in [1.54, 1.807) is 0 Å². The van der Waals surface area contributed by atoms with E-state index in [0.29, 0.717) is 6.04 Å². The molecule has 2 aromatic heterocycles. The third-order valence-corrected chi connectivity index (χ3v) is 4.49. The summed E-state index contributed by atoms with van der Waals surface area (Å²) in [4.78, 5) is 8.98. The molecule has 2 aromatic rings. The molecule has 4 rings (SSSR count). The Morgan fingerprint density at radius 3 is 2.87 bits per heavy atom. The number of hydrogen-bond acceptors (Lipinski definition) is 3. The van der Waals surface area contributed by atoms with Crippen molar-refractivity contribution in [2.45, 2.75) is 45.1 Å². The van der Waals surface area contributed by atoms with Crippen LogP contribution in [0.25, 0.3) is 17.3 Å². The number of aromatic nitrogens is 4. The molecule has 1 saturated carbocycles. The summed E-state index contributed by atoms with van der Waals surface area (Å²) in [5.74, 6) is 7.95. The zero-order valence-electron chi connectivity index (χ0n) is 13.4. The molecule has 1 fully saturated rings. The van der Waals surface area contributed by atoms with Crippen molar-refractivity contribution >= 4 is 6.08 Å². The van der Waals surface area contributed by atoms with Crippen LogP contribution in [0.1, 0.15) is 50.2 Å². The molecule has 2 aliphatic carbocycles. The Balaban J connectivity index is 1.73. The lowest BCUT2D eigenvalue weighted by Gasteiger charge is -2.15. The van der Waals surface area contributed by atoms with E-state index >= 15 is 0 Å². The van der Waals surface area contributed by atoms with Crippen LogP contribution in [0.15, 0.2) is 24.5 Å². The van der Waals surface area contributed by atoms with Gasteiger partial charge in [0.15, 0.2) is 5.82 Å². The van der Waals surface area contributed by atoms with E-state index in [4.69, 9.17) is 0 Å². The van der Waals surface area contributed by atoms with Gasteiger partial charge in [-0.15, -0.1) is 11.8 Å². The van der Waals surface area contributed by atoms with Crippen molar-refractivity contribution < 1.29 is 0 Å². The molecule has 2 heterocycles. The fourth-order valence-electron chi connectivity index (χ4n) is 3.09. The van der Waals surface area contributed by atoms with Crippen molar-refractivity contribution in [2.24, 2.45) is 5.92 Å². The van der Waals surface area contributed by atoms with Crippen LogP contribution in [0.4, 0.5) is 0 Å². The van der Waals surface area contributed by atoms with Crippen LogP contribution in [0, 0.1) is 17.8 Å². The molecule has 0 radical (unpaired) electrons. The Morgan fingerprint density at radius 1 is 1.30 bits per heavy atom. The van der Waals surface area contributed by atoms with Gasteiger partial charge in [-0.2, -0.15) is 5.10 Å². The second-order valence-corrected chi connectivity index (χ2v) is 6.31. The van der Waals surface area contributed by atoms with E-state index in [9.17, 15) is 0 Å². The fraction of sp³-hybridized carbons (Fsp3) is 0.421. The first-order valence-electron chi connectivity index (χ1n) is 8.33. The van der Waals surface area contributed by atoms with Crippen LogP contribution >= 0.6 is 0 Å². The molecule has 4 nitrogen and oxygen atoms in total. The summed E-state index contributed by atoms with van der Waals surface area (Å²) < 4.78 is 2.19. The van der Waals surface area contributed by atoms with Gasteiger partial charge in [0.2, 0.25) is 0 Å². The number of nitrogens with zero attached hydrogens (tertiary/aromatic N) is 4. The molecule has 116 valence electrons. The maximum absolute atomic E-state index is 4.69. The average molecular weight is 304 g/mol. The average Bonchev–Trinajstić information content (AvgIpc) is 3.06. The van der Waals surface area contributed by atoms with Crippen LogP contribution < -0.4 is 0 Å². The Bertz CT molecular complexity index is 792. The van der Waals surface area contributed by atoms with Crippen molar-refractivity contribution in [3.05, 3.63) is 36.1 Å². The fourth-order valence-corrected chi connectivity index (χ4v) is 3.09. The van der Waals surface area contributed by atoms with Gasteiger partial charge in [0.25, 0.3) is 0 Å². The molecule has 0 amide bonds. The SMILES string of the molecule is CC=Cc1nccc(-c2cnn(C3CC#CC3)c2CC2CC2)n1. The zero-order chi connectivity index (χ0) is 15.6. The van der Waals surface area contributed by atoms with Crippen LogP contribution in [0.3, 0.4) is 0 Å². The molecule has 0 atom stereocenters. The minimum absolute atomic E-state index is 0.370. The lowest BCUT2D eigenvalue weighted by Crippen LogP contribution is -2.12. The van der Waals surface area contributed by atoms with E-state index in [2.05, 4.69) is 31.6 Å².